The van der Waals surface area contributed by atoms with Crippen LogP contribution in [0.15, 0.2) is 64.3 Å². The number of thioether (sulfide) groups is 1. The maximum atomic E-state index is 13.8. The molecule has 196 valence electrons. The minimum absolute atomic E-state index is 0.113. The summed E-state index contributed by atoms with van der Waals surface area (Å²) in [7, 11) is -4.45. The van der Waals surface area contributed by atoms with Gasteiger partial charge in [-0.3, -0.25) is 0 Å². The molecule has 1 aliphatic heterocycles. The Morgan fingerprint density at radius 2 is 1.97 bits per heavy atom. The molecule has 0 saturated heterocycles. The molecule has 0 fully saturated rings. The van der Waals surface area contributed by atoms with E-state index in [0.29, 0.717) is 29.7 Å². The van der Waals surface area contributed by atoms with E-state index in [1.807, 2.05) is 13.0 Å². The van der Waals surface area contributed by atoms with Crippen molar-refractivity contribution in [3.8, 4) is 5.75 Å². The lowest BCUT2D eigenvalue weighted by Gasteiger charge is -2.31. The number of rotatable bonds is 10. The van der Waals surface area contributed by atoms with Crippen molar-refractivity contribution in [2.45, 2.75) is 48.4 Å². The molecular formula is C24H27F3N2O5S2. The molecule has 1 atom stereocenters. The lowest BCUT2D eigenvalue weighted by Crippen LogP contribution is -2.45. The van der Waals surface area contributed by atoms with Gasteiger partial charge in [-0.05, 0) is 30.9 Å². The number of fused-ring (bicyclic) bond motifs is 1. The van der Waals surface area contributed by atoms with Gasteiger partial charge in [0, 0.05) is 24.3 Å². The number of halogens is 3. The SMILES string of the molecule is CCCCC1CN(c2ccccc2)c2cc(SC)c(O/C=C(\F)C(=O)O)cc2S(=O)(=O)N1CC(F)F. The quantitative estimate of drug-likeness (QED) is 0.235. The number of unbranched alkanes of at least 4 members (excludes halogenated alkanes) is 1. The van der Waals surface area contributed by atoms with Crippen LogP contribution in [-0.2, 0) is 14.8 Å². The van der Waals surface area contributed by atoms with Crippen LogP contribution < -0.4 is 9.64 Å². The van der Waals surface area contributed by atoms with Crippen molar-refractivity contribution in [1.29, 1.82) is 0 Å². The second kappa shape index (κ2) is 12.0. The van der Waals surface area contributed by atoms with Gasteiger partial charge in [-0.2, -0.15) is 8.70 Å². The predicted octanol–water partition coefficient (Wildman–Crippen LogP) is 5.65. The van der Waals surface area contributed by atoms with Gasteiger partial charge in [0.25, 0.3) is 6.43 Å². The molecule has 7 nitrogen and oxygen atoms in total. The predicted molar refractivity (Wildman–Crippen MR) is 132 cm³/mol. The topological polar surface area (TPSA) is 87.1 Å². The maximum absolute atomic E-state index is 13.8. The van der Waals surface area contributed by atoms with E-state index in [2.05, 4.69) is 0 Å². The zero-order valence-electron chi connectivity index (χ0n) is 19.7. The molecule has 2 aromatic rings. The Bertz CT molecular complexity index is 1210. The first kappa shape index (κ1) is 27.9. The maximum Gasteiger partial charge on any atom is 0.368 e. The summed E-state index contributed by atoms with van der Waals surface area (Å²) in [4.78, 5) is 12.7. The molecule has 0 bridgehead atoms. The number of alkyl halides is 2. The number of carboxylic acids is 1. The summed E-state index contributed by atoms with van der Waals surface area (Å²) in [6.45, 7) is 1.10. The van der Waals surface area contributed by atoms with Gasteiger partial charge in [0.05, 0.1) is 17.1 Å². The molecule has 0 radical (unpaired) electrons. The van der Waals surface area contributed by atoms with Gasteiger partial charge in [0.1, 0.15) is 16.9 Å². The van der Waals surface area contributed by atoms with E-state index in [1.54, 1.807) is 35.4 Å². The average Bonchev–Trinajstić information content (AvgIpc) is 2.93. The van der Waals surface area contributed by atoms with Crippen molar-refractivity contribution in [2.75, 3.05) is 24.2 Å². The van der Waals surface area contributed by atoms with Crippen LogP contribution in [0.25, 0.3) is 0 Å². The van der Waals surface area contributed by atoms with E-state index in [-0.39, 0.29) is 22.9 Å². The van der Waals surface area contributed by atoms with Crippen LogP contribution in [0.3, 0.4) is 0 Å². The van der Waals surface area contributed by atoms with Crippen molar-refractivity contribution >= 4 is 39.1 Å². The summed E-state index contributed by atoms with van der Waals surface area (Å²) in [5.74, 6) is -3.54. The summed E-state index contributed by atoms with van der Waals surface area (Å²) < 4.78 is 74.5. The second-order valence-electron chi connectivity index (χ2n) is 8.07. The van der Waals surface area contributed by atoms with Crippen molar-refractivity contribution in [3.05, 3.63) is 54.6 Å². The third-order valence-electron chi connectivity index (χ3n) is 5.69. The number of para-hydroxylation sites is 1. The van der Waals surface area contributed by atoms with Crippen molar-refractivity contribution in [1.82, 2.24) is 4.31 Å². The van der Waals surface area contributed by atoms with Crippen LogP contribution in [-0.4, -0.2) is 55.6 Å². The molecule has 0 saturated carbocycles. The van der Waals surface area contributed by atoms with Crippen LogP contribution in [0.4, 0.5) is 24.5 Å². The van der Waals surface area contributed by atoms with Gasteiger partial charge in [0.2, 0.25) is 15.9 Å². The number of hydrogen-bond acceptors (Lipinski definition) is 6. The normalized spacial score (nSPS) is 18.1. The number of aliphatic carboxylic acids is 1. The minimum Gasteiger partial charge on any atom is -0.476 e. The standard InChI is InChI=1S/C24H27F3N2O5S2/c1-3-4-8-17-13-28(16-9-6-5-7-10-16)19-11-21(35-2)20(34-15-18(25)24(30)31)12-22(19)36(32,33)29(17)14-23(26)27/h5-7,9-12,15,17,23H,3-4,8,13-14H2,1-2H3,(H,30,31)/b18-15-. The third-order valence-corrected chi connectivity index (χ3v) is 8.40. The number of nitrogens with zero attached hydrogens (tertiary/aromatic N) is 2. The number of carbonyl (C=O) groups is 1. The molecule has 1 heterocycles. The minimum atomic E-state index is -4.45. The summed E-state index contributed by atoms with van der Waals surface area (Å²) in [5.41, 5.74) is 0.936. The lowest BCUT2D eigenvalue weighted by atomic mass is 10.1. The van der Waals surface area contributed by atoms with E-state index in [4.69, 9.17) is 9.84 Å². The first-order chi connectivity index (χ1) is 17.1. The summed E-state index contributed by atoms with van der Waals surface area (Å²) >= 11 is 1.18. The zero-order valence-corrected chi connectivity index (χ0v) is 21.4. The van der Waals surface area contributed by atoms with Crippen LogP contribution in [0, 0.1) is 0 Å². The fourth-order valence-electron chi connectivity index (χ4n) is 4.00. The Hall–Kier alpha value is -2.70. The fraction of sp³-hybridized carbons (Fsp3) is 0.375. The number of carboxylic acid groups (broad SMARTS) is 1. The number of sulfonamides is 1. The summed E-state index contributed by atoms with van der Waals surface area (Å²) in [6.07, 6.45) is 0.936. The Morgan fingerprint density at radius 3 is 2.56 bits per heavy atom. The lowest BCUT2D eigenvalue weighted by molar-refractivity contribution is -0.134. The highest BCUT2D eigenvalue weighted by Crippen LogP contribution is 2.44. The highest BCUT2D eigenvalue weighted by atomic mass is 32.2. The number of hydrogen-bond donors (Lipinski definition) is 1. The summed E-state index contributed by atoms with van der Waals surface area (Å²) in [5, 5.41) is 8.77. The Labute approximate surface area is 212 Å². The highest BCUT2D eigenvalue weighted by Gasteiger charge is 2.41. The molecule has 1 N–H and O–H groups in total. The Kier molecular flexibility index (Phi) is 9.31. The molecule has 0 aromatic heterocycles. The molecule has 12 heteroatoms. The number of anilines is 2. The van der Waals surface area contributed by atoms with Gasteiger partial charge in [-0.15, -0.1) is 11.8 Å². The number of benzene rings is 2. The van der Waals surface area contributed by atoms with Gasteiger partial charge >= 0.3 is 5.97 Å². The van der Waals surface area contributed by atoms with Gasteiger partial charge in [0.15, 0.2) is 0 Å². The fourth-order valence-corrected chi connectivity index (χ4v) is 6.35. The molecule has 1 aliphatic rings. The first-order valence-corrected chi connectivity index (χ1v) is 13.9. The average molecular weight is 545 g/mol. The zero-order chi connectivity index (χ0) is 26.5. The van der Waals surface area contributed by atoms with Crippen LogP contribution >= 0.6 is 11.8 Å². The van der Waals surface area contributed by atoms with E-state index in [9.17, 15) is 26.4 Å². The molecule has 2 aromatic carbocycles. The molecular weight excluding hydrogens is 517 g/mol. The molecule has 0 aliphatic carbocycles. The van der Waals surface area contributed by atoms with E-state index in [0.717, 1.165) is 16.8 Å². The van der Waals surface area contributed by atoms with Crippen molar-refractivity contribution in [3.63, 3.8) is 0 Å². The van der Waals surface area contributed by atoms with Crippen LogP contribution in [0.1, 0.15) is 26.2 Å². The Morgan fingerprint density at radius 1 is 1.28 bits per heavy atom. The summed E-state index contributed by atoms with van der Waals surface area (Å²) in [6, 6.07) is 10.9. The third kappa shape index (κ3) is 6.16. The molecule has 3 rings (SSSR count). The van der Waals surface area contributed by atoms with E-state index < -0.39 is 40.8 Å². The van der Waals surface area contributed by atoms with Gasteiger partial charge < -0.3 is 14.7 Å². The molecule has 1 unspecified atom stereocenters. The van der Waals surface area contributed by atoms with Crippen molar-refractivity contribution < 1.29 is 36.2 Å². The molecule has 36 heavy (non-hydrogen) atoms. The monoisotopic (exact) mass is 544 g/mol. The van der Waals surface area contributed by atoms with Crippen LogP contribution in [0.2, 0.25) is 0 Å². The Balaban J connectivity index is 2.27. The molecule has 0 spiro atoms. The van der Waals surface area contributed by atoms with Gasteiger partial charge in [-0.25, -0.2) is 22.0 Å². The smallest absolute Gasteiger partial charge is 0.368 e. The second-order valence-corrected chi connectivity index (χ2v) is 10.8. The van der Waals surface area contributed by atoms with Gasteiger partial charge in [-0.1, -0.05) is 38.0 Å². The molecule has 0 amide bonds. The number of ether oxygens (including phenoxy) is 1. The van der Waals surface area contributed by atoms with E-state index >= 15 is 0 Å². The van der Waals surface area contributed by atoms with Crippen molar-refractivity contribution in [2.24, 2.45) is 0 Å². The van der Waals surface area contributed by atoms with Crippen LogP contribution in [0.5, 0.6) is 5.75 Å². The van der Waals surface area contributed by atoms with E-state index in [1.165, 1.54) is 17.8 Å². The highest BCUT2D eigenvalue weighted by molar-refractivity contribution is 7.98. The first-order valence-electron chi connectivity index (χ1n) is 11.2. The largest absolute Gasteiger partial charge is 0.476 e.